The van der Waals surface area contributed by atoms with Gasteiger partial charge < -0.3 is 24.5 Å². The lowest BCUT2D eigenvalue weighted by atomic mass is 10.0. The number of methoxy groups -OCH3 is 3. The maximum Gasteiger partial charge on any atom is 0.256 e. The summed E-state index contributed by atoms with van der Waals surface area (Å²) in [5.74, 6) is 0.469. The van der Waals surface area contributed by atoms with Crippen molar-refractivity contribution >= 4 is 28.3 Å². The standard InChI is InChI=1S/C26H24N2O5/c1-15-9-11-16(12-10-15)24(29)23-22(18-7-5-6-8-19(18)27-23)28-26(30)17-13-20(31-2)25(33-4)21(14-17)32-3/h5-14,27H,1-4H3,(H,28,30). The van der Waals surface area contributed by atoms with Gasteiger partial charge in [0.1, 0.15) is 5.69 Å². The topological polar surface area (TPSA) is 89.7 Å². The average molecular weight is 444 g/mol. The second-order valence-corrected chi connectivity index (χ2v) is 7.48. The van der Waals surface area contributed by atoms with Crippen LogP contribution < -0.4 is 19.5 Å². The largest absolute Gasteiger partial charge is 0.493 e. The SMILES string of the molecule is COc1cc(C(=O)Nc2c(C(=O)c3ccc(C)cc3)[nH]c3ccccc23)cc(OC)c1OC. The molecule has 0 aliphatic rings. The first-order valence-electron chi connectivity index (χ1n) is 10.3. The second-order valence-electron chi connectivity index (χ2n) is 7.48. The van der Waals surface area contributed by atoms with Crippen LogP contribution in [0.25, 0.3) is 10.9 Å². The zero-order valence-electron chi connectivity index (χ0n) is 18.8. The molecular formula is C26H24N2O5. The van der Waals surface area contributed by atoms with Gasteiger partial charge in [-0.15, -0.1) is 0 Å². The number of benzene rings is 3. The molecule has 0 aliphatic carbocycles. The van der Waals surface area contributed by atoms with Crippen LogP contribution >= 0.6 is 0 Å². The Morgan fingerprint density at radius 3 is 2.06 bits per heavy atom. The van der Waals surface area contributed by atoms with E-state index in [1.165, 1.54) is 21.3 Å². The smallest absolute Gasteiger partial charge is 0.256 e. The number of aryl methyl sites for hydroxylation is 1. The fourth-order valence-corrected chi connectivity index (χ4v) is 3.69. The van der Waals surface area contributed by atoms with E-state index < -0.39 is 5.91 Å². The minimum absolute atomic E-state index is 0.216. The number of hydrogen-bond donors (Lipinski definition) is 2. The number of carbonyl (C=O) groups is 2. The molecule has 3 aromatic carbocycles. The quantitative estimate of drug-likeness (QED) is 0.392. The molecule has 0 radical (unpaired) electrons. The molecule has 7 nitrogen and oxygen atoms in total. The molecule has 33 heavy (non-hydrogen) atoms. The fraction of sp³-hybridized carbons (Fsp3) is 0.154. The summed E-state index contributed by atoms with van der Waals surface area (Å²) in [6.45, 7) is 1.96. The number of aromatic nitrogens is 1. The third-order valence-electron chi connectivity index (χ3n) is 5.41. The van der Waals surface area contributed by atoms with Gasteiger partial charge in [0.05, 0.1) is 27.0 Å². The number of carbonyl (C=O) groups excluding carboxylic acids is 2. The van der Waals surface area contributed by atoms with Crippen LogP contribution in [-0.2, 0) is 0 Å². The van der Waals surface area contributed by atoms with Gasteiger partial charge in [-0.3, -0.25) is 9.59 Å². The van der Waals surface area contributed by atoms with Gasteiger partial charge in [0.15, 0.2) is 11.5 Å². The summed E-state index contributed by atoms with van der Waals surface area (Å²) in [5, 5.41) is 3.64. The third-order valence-corrected chi connectivity index (χ3v) is 5.41. The van der Waals surface area contributed by atoms with Crippen LogP contribution in [0, 0.1) is 6.92 Å². The Kier molecular flexibility index (Phi) is 6.04. The van der Waals surface area contributed by atoms with Gasteiger partial charge in [0.25, 0.3) is 5.91 Å². The van der Waals surface area contributed by atoms with Gasteiger partial charge in [0, 0.05) is 22.0 Å². The van der Waals surface area contributed by atoms with Crippen molar-refractivity contribution in [3.63, 3.8) is 0 Å². The summed E-state index contributed by atoms with van der Waals surface area (Å²) in [5.41, 5.74) is 3.34. The van der Waals surface area contributed by atoms with Crippen molar-refractivity contribution in [1.82, 2.24) is 4.98 Å². The highest BCUT2D eigenvalue weighted by atomic mass is 16.5. The van der Waals surface area contributed by atoms with E-state index in [1.54, 1.807) is 24.3 Å². The van der Waals surface area contributed by atoms with E-state index in [0.717, 1.165) is 16.5 Å². The Labute approximate surface area is 191 Å². The molecule has 1 amide bonds. The normalized spacial score (nSPS) is 10.7. The minimum atomic E-state index is -0.419. The minimum Gasteiger partial charge on any atom is -0.493 e. The number of rotatable bonds is 7. The number of fused-ring (bicyclic) bond motifs is 1. The summed E-state index contributed by atoms with van der Waals surface area (Å²) in [4.78, 5) is 29.7. The second kappa shape index (κ2) is 9.08. The molecule has 0 saturated carbocycles. The van der Waals surface area contributed by atoms with Crippen molar-refractivity contribution in [3.8, 4) is 17.2 Å². The number of ether oxygens (including phenoxy) is 3. The molecule has 4 rings (SSSR count). The molecule has 0 aliphatic heterocycles. The highest BCUT2D eigenvalue weighted by Gasteiger charge is 2.23. The average Bonchev–Trinajstić information content (AvgIpc) is 3.21. The van der Waals surface area contributed by atoms with Crippen molar-refractivity contribution in [3.05, 3.63) is 83.0 Å². The van der Waals surface area contributed by atoms with Crippen LogP contribution in [0.1, 0.15) is 32.0 Å². The van der Waals surface area contributed by atoms with Crippen LogP contribution in [0.2, 0.25) is 0 Å². The maximum absolute atomic E-state index is 13.3. The van der Waals surface area contributed by atoms with Crippen LogP contribution in [0.5, 0.6) is 17.2 Å². The third kappa shape index (κ3) is 4.13. The molecule has 4 aromatic rings. The van der Waals surface area contributed by atoms with Crippen LogP contribution in [0.3, 0.4) is 0 Å². The lowest BCUT2D eigenvalue weighted by Crippen LogP contribution is -2.15. The van der Waals surface area contributed by atoms with Gasteiger partial charge >= 0.3 is 0 Å². The predicted octanol–water partition coefficient (Wildman–Crippen LogP) is 4.99. The summed E-state index contributed by atoms with van der Waals surface area (Å²) < 4.78 is 16.1. The molecule has 1 heterocycles. The molecule has 0 spiro atoms. The zero-order chi connectivity index (χ0) is 23.5. The van der Waals surface area contributed by atoms with Crippen LogP contribution in [0.4, 0.5) is 5.69 Å². The molecule has 168 valence electrons. The van der Waals surface area contributed by atoms with E-state index in [-0.39, 0.29) is 5.78 Å². The lowest BCUT2D eigenvalue weighted by molar-refractivity contribution is 0.102. The highest BCUT2D eigenvalue weighted by Crippen LogP contribution is 2.38. The van der Waals surface area contributed by atoms with Gasteiger partial charge in [0.2, 0.25) is 11.5 Å². The first-order chi connectivity index (χ1) is 16.0. The van der Waals surface area contributed by atoms with Crippen LogP contribution in [-0.4, -0.2) is 38.0 Å². The van der Waals surface area contributed by atoms with Crippen LogP contribution in [0.15, 0.2) is 60.7 Å². The van der Waals surface area contributed by atoms with E-state index >= 15 is 0 Å². The zero-order valence-corrected chi connectivity index (χ0v) is 18.8. The Balaban J connectivity index is 1.77. The molecule has 0 bridgehead atoms. The molecule has 0 unspecified atom stereocenters. The summed E-state index contributed by atoms with van der Waals surface area (Å²) in [6, 6.07) is 17.9. The fourth-order valence-electron chi connectivity index (χ4n) is 3.69. The Morgan fingerprint density at radius 1 is 0.818 bits per heavy atom. The molecule has 2 N–H and O–H groups in total. The summed E-state index contributed by atoms with van der Waals surface area (Å²) in [6.07, 6.45) is 0. The number of anilines is 1. The molecule has 7 heteroatoms. The first kappa shape index (κ1) is 22.0. The number of H-pyrrole nitrogens is 1. The number of amides is 1. The van der Waals surface area contributed by atoms with Crippen molar-refractivity contribution in [2.24, 2.45) is 0 Å². The van der Waals surface area contributed by atoms with E-state index in [9.17, 15) is 9.59 Å². The highest BCUT2D eigenvalue weighted by molar-refractivity contribution is 6.20. The van der Waals surface area contributed by atoms with Crippen molar-refractivity contribution < 1.29 is 23.8 Å². The molecule has 0 saturated heterocycles. The predicted molar refractivity (Wildman–Crippen MR) is 127 cm³/mol. The van der Waals surface area contributed by atoms with E-state index in [0.29, 0.717) is 39.8 Å². The van der Waals surface area contributed by atoms with Gasteiger partial charge in [-0.05, 0) is 25.1 Å². The first-order valence-corrected chi connectivity index (χ1v) is 10.3. The number of para-hydroxylation sites is 1. The summed E-state index contributed by atoms with van der Waals surface area (Å²) in [7, 11) is 4.46. The molecule has 1 aromatic heterocycles. The van der Waals surface area contributed by atoms with Crippen molar-refractivity contribution in [1.29, 1.82) is 0 Å². The van der Waals surface area contributed by atoms with E-state index in [4.69, 9.17) is 14.2 Å². The Bertz CT molecular complexity index is 1310. The van der Waals surface area contributed by atoms with Gasteiger partial charge in [-0.25, -0.2) is 0 Å². The Hall–Kier alpha value is -4.26. The van der Waals surface area contributed by atoms with Gasteiger partial charge in [-0.2, -0.15) is 0 Å². The molecular weight excluding hydrogens is 420 g/mol. The van der Waals surface area contributed by atoms with E-state index in [2.05, 4.69) is 10.3 Å². The molecule has 0 atom stereocenters. The monoisotopic (exact) mass is 444 g/mol. The number of aromatic amines is 1. The maximum atomic E-state index is 13.3. The number of ketones is 1. The van der Waals surface area contributed by atoms with Crippen molar-refractivity contribution in [2.45, 2.75) is 6.92 Å². The number of nitrogens with one attached hydrogen (secondary N) is 2. The Morgan fingerprint density at radius 2 is 1.45 bits per heavy atom. The van der Waals surface area contributed by atoms with Gasteiger partial charge in [-0.1, -0.05) is 48.0 Å². The van der Waals surface area contributed by atoms with E-state index in [1.807, 2.05) is 43.3 Å². The summed E-state index contributed by atoms with van der Waals surface area (Å²) >= 11 is 0. The lowest BCUT2D eigenvalue weighted by Gasteiger charge is -2.14. The number of hydrogen-bond acceptors (Lipinski definition) is 5. The molecule has 0 fully saturated rings. The van der Waals surface area contributed by atoms with Crippen molar-refractivity contribution in [2.75, 3.05) is 26.6 Å².